The number of piperidine rings is 1. The number of aryl methyl sites for hydroxylation is 1. The van der Waals surface area contributed by atoms with Gasteiger partial charge in [-0.25, -0.2) is 0 Å². The van der Waals surface area contributed by atoms with Crippen molar-refractivity contribution < 1.29 is 9.90 Å². The summed E-state index contributed by atoms with van der Waals surface area (Å²) in [7, 11) is 0. The van der Waals surface area contributed by atoms with Gasteiger partial charge in [0.2, 0.25) is 0 Å². The molecule has 0 saturated carbocycles. The van der Waals surface area contributed by atoms with E-state index in [1.807, 2.05) is 0 Å². The number of carbonyl (C=O) groups is 1. The molecule has 0 spiro atoms. The zero-order valence-corrected chi connectivity index (χ0v) is 13.0. The van der Waals surface area contributed by atoms with Gasteiger partial charge >= 0.3 is 5.97 Å². The summed E-state index contributed by atoms with van der Waals surface area (Å²) in [5.41, 5.74) is 2.45. The number of likely N-dealkylation sites (tertiary alicyclic amines) is 1. The van der Waals surface area contributed by atoms with Crippen molar-refractivity contribution in [2.24, 2.45) is 11.8 Å². The molecule has 1 saturated heterocycles. The number of benzene rings is 1. The second-order valence-electron chi connectivity index (χ2n) is 5.66. The lowest BCUT2D eigenvalue weighted by Gasteiger charge is -2.34. The molecular weight excluding hydrogens is 306 g/mol. The predicted octanol–water partition coefficient (Wildman–Crippen LogP) is 3.30. The first-order chi connectivity index (χ1) is 8.95. The van der Waals surface area contributed by atoms with Crippen LogP contribution in [-0.4, -0.2) is 29.1 Å². The maximum Gasteiger partial charge on any atom is 0.307 e. The van der Waals surface area contributed by atoms with Crippen molar-refractivity contribution in [2.45, 2.75) is 26.8 Å². The topological polar surface area (TPSA) is 40.5 Å². The van der Waals surface area contributed by atoms with Crippen molar-refractivity contribution in [3.8, 4) is 0 Å². The van der Waals surface area contributed by atoms with Crippen LogP contribution in [0.15, 0.2) is 22.7 Å². The summed E-state index contributed by atoms with van der Waals surface area (Å²) in [4.78, 5) is 13.4. The molecule has 0 amide bonds. The summed E-state index contributed by atoms with van der Waals surface area (Å²) < 4.78 is 1.11. The van der Waals surface area contributed by atoms with Gasteiger partial charge in [0.15, 0.2) is 0 Å². The van der Waals surface area contributed by atoms with Crippen LogP contribution >= 0.6 is 15.9 Å². The molecule has 3 nitrogen and oxygen atoms in total. The van der Waals surface area contributed by atoms with E-state index in [1.165, 1.54) is 11.1 Å². The van der Waals surface area contributed by atoms with Gasteiger partial charge in [-0.2, -0.15) is 0 Å². The molecule has 1 N–H and O–H groups in total. The fraction of sp³-hybridized carbons (Fsp3) is 0.533. The Labute approximate surface area is 122 Å². The summed E-state index contributed by atoms with van der Waals surface area (Å²) >= 11 is 3.59. The van der Waals surface area contributed by atoms with Gasteiger partial charge in [0.1, 0.15) is 0 Å². The summed E-state index contributed by atoms with van der Waals surface area (Å²) in [6.07, 6.45) is 0.793. The molecule has 2 atom stereocenters. The Kier molecular flexibility index (Phi) is 4.63. The first-order valence-corrected chi connectivity index (χ1v) is 7.45. The quantitative estimate of drug-likeness (QED) is 0.926. The minimum absolute atomic E-state index is 0.229. The highest BCUT2D eigenvalue weighted by molar-refractivity contribution is 9.10. The zero-order chi connectivity index (χ0) is 14.0. The van der Waals surface area contributed by atoms with E-state index < -0.39 is 5.97 Å². The summed E-state index contributed by atoms with van der Waals surface area (Å²) in [5.74, 6) is -0.452. The Morgan fingerprint density at radius 2 is 2.21 bits per heavy atom. The fourth-order valence-electron chi connectivity index (χ4n) is 2.79. The molecule has 1 aliphatic heterocycles. The lowest BCUT2D eigenvalue weighted by molar-refractivity contribution is -0.144. The van der Waals surface area contributed by atoms with E-state index in [0.717, 1.165) is 24.0 Å². The lowest BCUT2D eigenvalue weighted by Crippen LogP contribution is -2.42. The average Bonchev–Trinajstić information content (AvgIpc) is 2.32. The number of nitrogens with zero attached hydrogens (tertiary/aromatic N) is 1. The van der Waals surface area contributed by atoms with Crippen LogP contribution in [-0.2, 0) is 11.3 Å². The Hall–Kier alpha value is -0.870. The molecule has 4 heteroatoms. The molecule has 1 fully saturated rings. The second kappa shape index (κ2) is 6.06. The Morgan fingerprint density at radius 3 is 2.84 bits per heavy atom. The average molecular weight is 326 g/mol. The molecule has 104 valence electrons. The van der Waals surface area contributed by atoms with E-state index >= 15 is 0 Å². The molecule has 0 aliphatic carbocycles. The minimum atomic E-state index is -0.667. The van der Waals surface area contributed by atoms with E-state index in [2.05, 4.69) is 52.9 Å². The SMILES string of the molecule is Cc1ccc(CN2CC(C)CC(C(=O)O)C2)c(Br)c1. The van der Waals surface area contributed by atoms with Crippen molar-refractivity contribution >= 4 is 21.9 Å². The number of hydrogen-bond donors (Lipinski definition) is 1. The van der Waals surface area contributed by atoms with Crippen LogP contribution in [0.1, 0.15) is 24.5 Å². The minimum Gasteiger partial charge on any atom is -0.481 e. The van der Waals surface area contributed by atoms with Crippen LogP contribution in [0, 0.1) is 18.8 Å². The van der Waals surface area contributed by atoms with Crippen LogP contribution in [0.2, 0.25) is 0 Å². The van der Waals surface area contributed by atoms with Crippen LogP contribution in [0.25, 0.3) is 0 Å². The molecular formula is C15H20BrNO2. The van der Waals surface area contributed by atoms with E-state index in [-0.39, 0.29) is 5.92 Å². The molecule has 2 unspecified atom stereocenters. The summed E-state index contributed by atoms with van der Waals surface area (Å²) in [6.45, 7) is 6.64. The van der Waals surface area contributed by atoms with Crippen LogP contribution < -0.4 is 0 Å². The van der Waals surface area contributed by atoms with Crippen molar-refractivity contribution in [1.82, 2.24) is 4.90 Å². The van der Waals surface area contributed by atoms with Gasteiger partial charge in [-0.15, -0.1) is 0 Å². The number of carboxylic acids is 1. The predicted molar refractivity (Wildman–Crippen MR) is 79.1 cm³/mol. The maximum absolute atomic E-state index is 11.2. The van der Waals surface area contributed by atoms with Gasteiger partial charge in [0, 0.05) is 24.1 Å². The van der Waals surface area contributed by atoms with Crippen LogP contribution in [0.5, 0.6) is 0 Å². The van der Waals surface area contributed by atoms with Crippen molar-refractivity contribution in [3.05, 3.63) is 33.8 Å². The Balaban J connectivity index is 2.07. The van der Waals surface area contributed by atoms with Crippen molar-refractivity contribution in [2.75, 3.05) is 13.1 Å². The third kappa shape index (κ3) is 3.80. The van der Waals surface area contributed by atoms with Crippen molar-refractivity contribution in [3.63, 3.8) is 0 Å². The third-order valence-electron chi connectivity index (χ3n) is 3.69. The third-order valence-corrected chi connectivity index (χ3v) is 4.43. The highest BCUT2D eigenvalue weighted by Crippen LogP contribution is 2.26. The molecule has 0 radical (unpaired) electrons. The standard InChI is InChI=1S/C15H20BrNO2/c1-10-3-4-12(14(16)6-10)8-17-7-11(2)5-13(9-17)15(18)19/h3-4,6,11,13H,5,7-9H2,1-2H3,(H,18,19). The Morgan fingerprint density at radius 1 is 1.47 bits per heavy atom. The van der Waals surface area contributed by atoms with Gasteiger partial charge in [0.25, 0.3) is 0 Å². The normalized spacial score (nSPS) is 24.4. The summed E-state index contributed by atoms with van der Waals surface area (Å²) in [6, 6.07) is 6.33. The largest absolute Gasteiger partial charge is 0.481 e. The van der Waals surface area contributed by atoms with E-state index in [4.69, 9.17) is 0 Å². The molecule has 19 heavy (non-hydrogen) atoms. The highest BCUT2D eigenvalue weighted by Gasteiger charge is 2.29. The second-order valence-corrected chi connectivity index (χ2v) is 6.52. The molecule has 2 rings (SSSR count). The summed E-state index contributed by atoms with van der Waals surface area (Å²) in [5, 5.41) is 9.19. The first-order valence-electron chi connectivity index (χ1n) is 6.66. The van der Waals surface area contributed by atoms with Crippen LogP contribution in [0.4, 0.5) is 0 Å². The van der Waals surface area contributed by atoms with Crippen LogP contribution in [0.3, 0.4) is 0 Å². The number of aliphatic carboxylic acids is 1. The zero-order valence-electron chi connectivity index (χ0n) is 11.4. The van der Waals surface area contributed by atoms with Gasteiger partial charge in [0.05, 0.1) is 5.92 Å². The van der Waals surface area contributed by atoms with E-state index in [1.54, 1.807) is 0 Å². The first kappa shape index (κ1) is 14.5. The lowest BCUT2D eigenvalue weighted by atomic mass is 9.90. The monoisotopic (exact) mass is 325 g/mol. The molecule has 0 bridgehead atoms. The molecule has 1 heterocycles. The number of carboxylic acid groups (broad SMARTS) is 1. The number of halogens is 1. The smallest absolute Gasteiger partial charge is 0.307 e. The van der Waals surface area contributed by atoms with Gasteiger partial charge < -0.3 is 5.11 Å². The fourth-order valence-corrected chi connectivity index (χ4v) is 3.41. The number of hydrogen-bond acceptors (Lipinski definition) is 2. The van der Waals surface area contributed by atoms with Gasteiger partial charge in [-0.3, -0.25) is 9.69 Å². The van der Waals surface area contributed by atoms with E-state index in [9.17, 15) is 9.90 Å². The maximum atomic E-state index is 11.2. The molecule has 1 aromatic carbocycles. The van der Waals surface area contributed by atoms with E-state index in [0.29, 0.717) is 12.5 Å². The van der Waals surface area contributed by atoms with Gasteiger partial charge in [-0.1, -0.05) is 35.0 Å². The van der Waals surface area contributed by atoms with Crippen molar-refractivity contribution in [1.29, 1.82) is 0 Å². The number of rotatable bonds is 3. The molecule has 1 aliphatic rings. The molecule has 0 aromatic heterocycles. The van der Waals surface area contributed by atoms with Gasteiger partial charge in [-0.05, 0) is 36.5 Å². The molecule has 1 aromatic rings. The highest BCUT2D eigenvalue weighted by atomic mass is 79.9. The Bertz CT molecular complexity index is 475.